The summed E-state index contributed by atoms with van der Waals surface area (Å²) in [4.78, 5) is 9.72. The third-order valence-corrected chi connectivity index (χ3v) is 7.30. The van der Waals surface area contributed by atoms with Gasteiger partial charge in [0.25, 0.3) is 0 Å². The highest BCUT2D eigenvalue weighted by Crippen LogP contribution is 2.32. The summed E-state index contributed by atoms with van der Waals surface area (Å²) in [6.07, 6.45) is 9.27. The Morgan fingerprint density at radius 1 is 0.846 bits per heavy atom. The first-order valence-corrected chi connectivity index (χ1v) is 12.5. The highest BCUT2D eigenvalue weighted by molar-refractivity contribution is 5.87. The Balaban J connectivity index is 0.00000176. The van der Waals surface area contributed by atoms with E-state index in [9.17, 15) is 5.26 Å². The molecule has 39 heavy (non-hydrogen) atoms. The highest BCUT2D eigenvalue weighted by atomic mass is 35.5. The summed E-state index contributed by atoms with van der Waals surface area (Å²) in [5.74, 6) is 0.976. The van der Waals surface area contributed by atoms with E-state index in [4.69, 9.17) is 4.98 Å². The lowest BCUT2D eigenvalue weighted by Gasteiger charge is -2.38. The first-order valence-electron chi connectivity index (χ1n) is 12.5. The second kappa shape index (κ2) is 11.9. The molecule has 1 aromatic carbocycles. The van der Waals surface area contributed by atoms with E-state index in [2.05, 4.69) is 81.5 Å². The van der Waals surface area contributed by atoms with Gasteiger partial charge in [0.05, 0.1) is 23.5 Å². The van der Waals surface area contributed by atoms with E-state index in [0.29, 0.717) is 11.6 Å². The predicted octanol–water partition coefficient (Wildman–Crippen LogP) is 5.40. The van der Waals surface area contributed by atoms with Crippen LogP contribution in [0.4, 0.5) is 5.82 Å². The second-order valence-electron chi connectivity index (χ2n) is 9.52. The summed E-state index contributed by atoms with van der Waals surface area (Å²) < 4.78 is 3.55. The molecular weight excluding hydrogens is 531 g/mol. The molecule has 1 aliphatic rings. The van der Waals surface area contributed by atoms with Gasteiger partial charge in [0, 0.05) is 80.1 Å². The standard InChI is InChI=1S/C29H28N8.2ClH/c1-21(22-6-4-3-5-7-22)35-10-12-36(13-11-35)28-9-8-23(16-31-28)27-14-24(26-18-32-34(2)19-26)20-37-29(27)25(15-30)17-33-37;;/h3-9,14,16-21H,10-13H2,1-2H3;2*1H/t21-;;/m0../s1. The Bertz CT molecular complexity index is 1580. The predicted molar refractivity (Wildman–Crippen MR) is 158 cm³/mol. The van der Waals surface area contributed by atoms with Crippen molar-refractivity contribution in [1.29, 1.82) is 5.26 Å². The molecule has 200 valence electrons. The maximum atomic E-state index is 9.69. The number of hydrogen-bond acceptors (Lipinski definition) is 6. The molecule has 1 aliphatic heterocycles. The SMILES string of the molecule is C[C@@H](c1ccccc1)N1CCN(c2ccc(-c3cc(-c4cnn(C)c4)cn4ncc(C#N)c34)cn2)CC1.Cl.Cl. The van der Waals surface area contributed by atoms with Crippen LogP contribution in [0.3, 0.4) is 0 Å². The average Bonchev–Trinajstić information content (AvgIpc) is 3.59. The number of piperazine rings is 1. The lowest BCUT2D eigenvalue weighted by atomic mass is 10.0. The van der Waals surface area contributed by atoms with Gasteiger partial charge >= 0.3 is 0 Å². The van der Waals surface area contributed by atoms with Gasteiger partial charge in [-0.15, -0.1) is 24.8 Å². The molecule has 0 bridgehead atoms. The summed E-state index contributed by atoms with van der Waals surface area (Å²) in [5.41, 5.74) is 6.54. The number of aromatic nitrogens is 5. The van der Waals surface area contributed by atoms with Gasteiger partial charge in [-0.3, -0.25) is 9.58 Å². The van der Waals surface area contributed by atoms with Gasteiger partial charge in [-0.1, -0.05) is 30.3 Å². The van der Waals surface area contributed by atoms with Crippen LogP contribution < -0.4 is 4.90 Å². The molecule has 0 radical (unpaired) electrons. The number of nitriles is 1. The number of pyridine rings is 2. The maximum Gasteiger partial charge on any atom is 0.128 e. The van der Waals surface area contributed by atoms with Crippen molar-refractivity contribution >= 4 is 36.1 Å². The fourth-order valence-corrected chi connectivity index (χ4v) is 5.16. The van der Waals surface area contributed by atoms with E-state index in [-0.39, 0.29) is 24.8 Å². The van der Waals surface area contributed by atoms with Gasteiger partial charge in [-0.2, -0.15) is 15.5 Å². The molecule has 6 rings (SSSR count). The van der Waals surface area contributed by atoms with E-state index in [1.54, 1.807) is 15.4 Å². The van der Waals surface area contributed by atoms with E-state index in [0.717, 1.165) is 59.8 Å². The number of halogens is 2. The molecule has 0 N–H and O–H groups in total. The first kappa shape index (κ1) is 28.1. The number of hydrogen-bond donors (Lipinski definition) is 0. The van der Waals surface area contributed by atoms with Crippen LogP contribution in [0, 0.1) is 11.3 Å². The van der Waals surface area contributed by atoms with Crippen molar-refractivity contribution in [1.82, 2.24) is 29.3 Å². The fraction of sp³-hybridized carbons (Fsp3) is 0.241. The maximum absolute atomic E-state index is 9.69. The van der Waals surface area contributed by atoms with Gasteiger partial charge < -0.3 is 4.90 Å². The zero-order valence-corrected chi connectivity index (χ0v) is 23.4. The van der Waals surface area contributed by atoms with Crippen LogP contribution in [0.2, 0.25) is 0 Å². The summed E-state index contributed by atoms with van der Waals surface area (Å²) in [7, 11) is 1.90. The molecule has 0 saturated carbocycles. The third-order valence-electron chi connectivity index (χ3n) is 7.30. The molecule has 1 saturated heterocycles. The topological polar surface area (TPSA) is 78.3 Å². The third kappa shape index (κ3) is 5.48. The minimum Gasteiger partial charge on any atom is -0.354 e. The largest absolute Gasteiger partial charge is 0.354 e. The summed E-state index contributed by atoms with van der Waals surface area (Å²) >= 11 is 0. The second-order valence-corrected chi connectivity index (χ2v) is 9.52. The Morgan fingerprint density at radius 2 is 1.62 bits per heavy atom. The fourth-order valence-electron chi connectivity index (χ4n) is 5.16. The van der Waals surface area contributed by atoms with Crippen molar-refractivity contribution in [2.45, 2.75) is 13.0 Å². The van der Waals surface area contributed by atoms with Crippen molar-refractivity contribution in [3.8, 4) is 28.3 Å². The number of anilines is 1. The number of benzene rings is 1. The summed E-state index contributed by atoms with van der Waals surface area (Å²) in [6.45, 7) is 6.14. The Kier molecular flexibility index (Phi) is 8.56. The quantitative estimate of drug-likeness (QED) is 0.286. The molecule has 1 atom stereocenters. The monoisotopic (exact) mass is 560 g/mol. The van der Waals surface area contributed by atoms with E-state index in [1.165, 1.54) is 5.56 Å². The van der Waals surface area contributed by atoms with Gasteiger partial charge in [-0.25, -0.2) is 9.50 Å². The first-order chi connectivity index (χ1) is 18.1. The van der Waals surface area contributed by atoms with Crippen LogP contribution in [0.15, 0.2) is 79.5 Å². The average molecular weight is 562 g/mol. The van der Waals surface area contributed by atoms with Crippen molar-refractivity contribution in [2.75, 3.05) is 31.1 Å². The van der Waals surface area contributed by atoms with E-state index < -0.39 is 0 Å². The van der Waals surface area contributed by atoms with Gasteiger partial charge in [-0.05, 0) is 30.7 Å². The molecule has 8 nitrogen and oxygen atoms in total. The number of fused-ring (bicyclic) bond motifs is 1. The molecule has 10 heteroatoms. The molecule has 5 heterocycles. The lowest BCUT2D eigenvalue weighted by molar-refractivity contribution is 0.198. The van der Waals surface area contributed by atoms with Crippen LogP contribution in [0.1, 0.15) is 24.1 Å². The van der Waals surface area contributed by atoms with Crippen LogP contribution >= 0.6 is 24.8 Å². The summed E-state index contributed by atoms with van der Waals surface area (Å²) in [6, 6.07) is 19.6. The van der Waals surface area contributed by atoms with Crippen molar-refractivity contribution in [3.63, 3.8) is 0 Å². The molecule has 1 fully saturated rings. The molecular formula is C29H30Cl2N8. The van der Waals surface area contributed by atoms with Crippen LogP contribution in [-0.4, -0.2) is 55.5 Å². The lowest BCUT2D eigenvalue weighted by Crippen LogP contribution is -2.47. The number of aryl methyl sites for hydroxylation is 1. The van der Waals surface area contributed by atoms with Crippen molar-refractivity contribution in [2.24, 2.45) is 7.05 Å². The molecule has 5 aromatic rings. The smallest absolute Gasteiger partial charge is 0.128 e. The van der Waals surface area contributed by atoms with E-state index in [1.807, 2.05) is 31.8 Å². The molecule has 0 unspecified atom stereocenters. The van der Waals surface area contributed by atoms with E-state index >= 15 is 0 Å². The van der Waals surface area contributed by atoms with Crippen LogP contribution in [0.5, 0.6) is 0 Å². The highest BCUT2D eigenvalue weighted by Gasteiger charge is 2.23. The molecule has 0 amide bonds. The minimum atomic E-state index is 0. The van der Waals surface area contributed by atoms with Crippen LogP contribution in [-0.2, 0) is 7.05 Å². The molecule has 0 aliphatic carbocycles. The van der Waals surface area contributed by atoms with Crippen molar-refractivity contribution < 1.29 is 0 Å². The van der Waals surface area contributed by atoms with Gasteiger partial charge in [0.2, 0.25) is 0 Å². The van der Waals surface area contributed by atoms with Crippen LogP contribution in [0.25, 0.3) is 27.8 Å². The van der Waals surface area contributed by atoms with Crippen molar-refractivity contribution in [3.05, 3.63) is 90.6 Å². The number of rotatable bonds is 5. The van der Waals surface area contributed by atoms with Gasteiger partial charge in [0.1, 0.15) is 11.9 Å². The minimum absolute atomic E-state index is 0. The Labute approximate surface area is 240 Å². The molecule has 4 aromatic heterocycles. The normalized spacial score (nSPS) is 14.3. The zero-order chi connectivity index (χ0) is 25.4. The van der Waals surface area contributed by atoms with Gasteiger partial charge in [0.15, 0.2) is 0 Å². The Morgan fingerprint density at radius 3 is 2.26 bits per heavy atom. The summed E-state index contributed by atoms with van der Waals surface area (Å²) in [5, 5.41) is 18.4. The Hall–Kier alpha value is -3.90. The number of nitrogens with zero attached hydrogens (tertiary/aromatic N) is 8. The zero-order valence-electron chi connectivity index (χ0n) is 21.8. The molecule has 0 spiro atoms.